The first-order chi connectivity index (χ1) is 6.69. The third-order valence-electron chi connectivity index (χ3n) is 2.16. The fraction of sp³-hybridized carbons (Fsp3) is 0.545. The third kappa shape index (κ3) is 2.45. The lowest BCUT2D eigenvalue weighted by atomic mass is 10.1. The number of pyridine rings is 1. The standard InChI is InChI=1S/C11H18N2O/c1-4-5-10-11(14-12)7-6-9(13-10)8(2)3/h6-8H,4-5,12H2,1-3H3. The summed E-state index contributed by atoms with van der Waals surface area (Å²) in [6.07, 6.45) is 1.96. The molecule has 0 unspecified atom stereocenters. The molecular formula is C11H18N2O. The van der Waals surface area contributed by atoms with Gasteiger partial charge in [0.15, 0.2) is 5.75 Å². The van der Waals surface area contributed by atoms with Crippen molar-refractivity contribution in [3.05, 3.63) is 23.5 Å². The van der Waals surface area contributed by atoms with E-state index < -0.39 is 0 Å². The highest BCUT2D eigenvalue weighted by Gasteiger charge is 2.07. The van der Waals surface area contributed by atoms with E-state index in [9.17, 15) is 0 Å². The summed E-state index contributed by atoms with van der Waals surface area (Å²) >= 11 is 0. The molecule has 0 atom stereocenters. The average Bonchev–Trinajstić information content (AvgIpc) is 2.18. The molecule has 1 heterocycles. The molecule has 2 N–H and O–H groups in total. The van der Waals surface area contributed by atoms with Gasteiger partial charge < -0.3 is 4.84 Å². The van der Waals surface area contributed by atoms with Gasteiger partial charge in [0, 0.05) is 5.69 Å². The molecule has 1 aromatic rings. The monoisotopic (exact) mass is 194 g/mol. The van der Waals surface area contributed by atoms with E-state index >= 15 is 0 Å². The van der Waals surface area contributed by atoms with Crippen LogP contribution in [0.5, 0.6) is 5.75 Å². The molecule has 14 heavy (non-hydrogen) atoms. The Labute approximate surface area is 85.2 Å². The Hall–Kier alpha value is -1.09. The van der Waals surface area contributed by atoms with Crippen LogP contribution in [-0.2, 0) is 6.42 Å². The van der Waals surface area contributed by atoms with Crippen molar-refractivity contribution in [1.82, 2.24) is 4.98 Å². The number of aryl methyl sites for hydroxylation is 1. The number of aromatic nitrogens is 1. The first kappa shape index (κ1) is 11.0. The Morgan fingerprint density at radius 2 is 2.14 bits per heavy atom. The SMILES string of the molecule is CCCc1nc(C(C)C)ccc1ON. The molecule has 3 nitrogen and oxygen atoms in total. The summed E-state index contributed by atoms with van der Waals surface area (Å²) in [4.78, 5) is 9.30. The topological polar surface area (TPSA) is 48.1 Å². The molecule has 0 spiro atoms. The van der Waals surface area contributed by atoms with Crippen LogP contribution in [0.25, 0.3) is 0 Å². The molecule has 0 radical (unpaired) electrons. The van der Waals surface area contributed by atoms with Crippen molar-refractivity contribution < 1.29 is 4.84 Å². The Kier molecular flexibility index (Phi) is 3.89. The molecule has 0 saturated heterocycles. The lowest BCUT2D eigenvalue weighted by Gasteiger charge is -2.10. The van der Waals surface area contributed by atoms with Crippen molar-refractivity contribution in [2.24, 2.45) is 5.90 Å². The van der Waals surface area contributed by atoms with Crippen molar-refractivity contribution in [1.29, 1.82) is 0 Å². The van der Waals surface area contributed by atoms with Crippen LogP contribution in [0.2, 0.25) is 0 Å². The molecule has 0 aliphatic heterocycles. The van der Waals surface area contributed by atoms with E-state index in [1.54, 1.807) is 0 Å². The summed E-state index contributed by atoms with van der Waals surface area (Å²) in [6, 6.07) is 3.86. The highest BCUT2D eigenvalue weighted by molar-refractivity contribution is 5.30. The highest BCUT2D eigenvalue weighted by Crippen LogP contribution is 2.20. The van der Waals surface area contributed by atoms with Crippen molar-refractivity contribution in [2.75, 3.05) is 0 Å². The van der Waals surface area contributed by atoms with E-state index in [0.717, 1.165) is 24.2 Å². The van der Waals surface area contributed by atoms with Gasteiger partial charge in [0.05, 0.1) is 5.69 Å². The van der Waals surface area contributed by atoms with Crippen LogP contribution in [0, 0.1) is 0 Å². The van der Waals surface area contributed by atoms with Gasteiger partial charge in [0.2, 0.25) is 0 Å². The number of nitrogens with zero attached hydrogens (tertiary/aromatic N) is 1. The molecule has 0 aromatic carbocycles. The van der Waals surface area contributed by atoms with Crippen molar-refractivity contribution in [2.45, 2.75) is 39.5 Å². The summed E-state index contributed by atoms with van der Waals surface area (Å²) in [7, 11) is 0. The van der Waals surface area contributed by atoms with Crippen molar-refractivity contribution in [3.63, 3.8) is 0 Å². The molecule has 3 heteroatoms. The van der Waals surface area contributed by atoms with E-state index in [0.29, 0.717) is 11.7 Å². The normalized spacial score (nSPS) is 10.6. The number of hydrogen-bond acceptors (Lipinski definition) is 3. The number of nitrogens with two attached hydrogens (primary N) is 1. The van der Waals surface area contributed by atoms with Gasteiger partial charge in [-0.3, -0.25) is 4.98 Å². The second kappa shape index (κ2) is 4.96. The zero-order valence-corrected chi connectivity index (χ0v) is 9.08. The van der Waals surface area contributed by atoms with Gasteiger partial charge in [-0.15, -0.1) is 0 Å². The summed E-state index contributed by atoms with van der Waals surface area (Å²) < 4.78 is 0. The minimum absolute atomic E-state index is 0.442. The van der Waals surface area contributed by atoms with Gasteiger partial charge >= 0.3 is 0 Å². The minimum atomic E-state index is 0.442. The summed E-state index contributed by atoms with van der Waals surface area (Å²) in [6.45, 7) is 6.37. The molecule has 0 fully saturated rings. The first-order valence-electron chi connectivity index (χ1n) is 5.05. The third-order valence-corrected chi connectivity index (χ3v) is 2.16. The van der Waals surface area contributed by atoms with Gasteiger partial charge in [-0.25, -0.2) is 0 Å². The van der Waals surface area contributed by atoms with Crippen LogP contribution in [0.4, 0.5) is 0 Å². The predicted molar refractivity (Wildman–Crippen MR) is 57.1 cm³/mol. The Morgan fingerprint density at radius 1 is 1.43 bits per heavy atom. The van der Waals surface area contributed by atoms with Crippen LogP contribution in [0.15, 0.2) is 12.1 Å². The summed E-state index contributed by atoms with van der Waals surface area (Å²) in [5.74, 6) is 6.30. The van der Waals surface area contributed by atoms with E-state index in [4.69, 9.17) is 10.7 Å². The largest absolute Gasteiger partial charge is 0.410 e. The zero-order valence-electron chi connectivity index (χ0n) is 9.08. The van der Waals surface area contributed by atoms with Crippen molar-refractivity contribution >= 4 is 0 Å². The molecule has 0 aliphatic rings. The van der Waals surface area contributed by atoms with Crippen LogP contribution < -0.4 is 10.7 Å². The molecule has 1 rings (SSSR count). The van der Waals surface area contributed by atoms with Crippen LogP contribution >= 0.6 is 0 Å². The van der Waals surface area contributed by atoms with Crippen LogP contribution in [-0.4, -0.2) is 4.98 Å². The quantitative estimate of drug-likeness (QED) is 0.749. The molecule has 0 amide bonds. The summed E-state index contributed by atoms with van der Waals surface area (Å²) in [5, 5.41) is 0. The molecule has 0 bridgehead atoms. The van der Waals surface area contributed by atoms with Crippen molar-refractivity contribution in [3.8, 4) is 5.75 Å². The Morgan fingerprint density at radius 3 is 2.64 bits per heavy atom. The van der Waals surface area contributed by atoms with Gasteiger partial charge in [0.1, 0.15) is 0 Å². The smallest absolute Gasteiger partial charge is 0.168 e. The van der Waals surface area contributed by atoms with E-state index in [1.807, 2.05) is 12.1 Å². The number of hydrogen-bond donors (Lipinski definition) is 1. The predicted octanol–water partition coefficient (Wildman–Crippen LogP) is 2.41. The molecule has 0 saturated carbocycles. The molecule has 1 aromatic heterocycles. The second-order valence-corrected chi connectivity index (χ2v) is 3.70. The van der Waals surface area contributed by atoms with E-state index in [1.165, 1.54) is 0 Å². The second-order valence-electron chi connectivity index (χ2n) is 3.70. The fourth-order valence-corrected chi connectivity index (χ4v) is 1.35. The number of rotatable bonds is 4. The average molecular weight is 194 g/mol. The van der Waals surface area contributed by atoms with Crippen LogP contribution in [0.3, 0.4) is 0 Å². The van der Waals surface area contributed by atoms with E-state index in [2.05, 4.69) is 25.8 Å². The Balaban J connectivity index is 3.01. The highest BCUT2D eigenvalue weighted by atomic mass is 16.6. The molecule has 78 valence electrons. The molecular weight excluding hydrogens is 176 g/mol. The zero-order chi connectivity index (χ0) is 10.6. The van der Waals surface area contributed by atoms with Gasteiger partial charge in [0.25, 0.3) is 0 Å². The first-order valence-corrected chi connectivity index (χ1v) is 5.05. The molecule has 0 aliphatic carbocycles. The van der Waals surface area contributed by atoms with Gasteiger partial charge in [-0.05, 0) is 24.5 Å². The minimum Gasteiger partial charge on any atom is -0.410 e. The lowest BCUT2D eigenvalue weighted by Crippen LogP contribution is -2.07. The lowest BCUT2D eigenvalue weighted by molar-refractivity contribution is 0.328. The fourth-order valence-electron chi connectivity index (χ4n) is 1.35. The van der Waals surface area contributed by atoms with Gasteiger partial charge in [-0.2, -0.15) is 5.90 Å². The maximum Gasteiger partial charge on any atom is 0.168 e. The van der Waals surface area contributed by atoms with Crippen LogP contribution in [0.1, 0.15) is 44.5 Å². The maximum atomic E-state index is 5.17. The van der Waals surface area contributed by atoms with E-state index in [-0.39, 0.29) is 0 Å². The maximum absolute atomic E-state index is 5.17. The summed E-state index contributed by atoms with van der Waals surface area (Å²) in [5.41, 5.74) is 2.05. The Bertz CT molecular complexity index is 297. The van der Waals surface area contributed by atoms with Gasteiger partial charge in [-0.1, -0.05) is 27.2 Å².